The first-order valence-electron chi connectivity index (χ1n) is 7.45. The second kappa shape index (κ2) is 6.18. The first-order valence-corrected chi connectivity index (χ1v) is 7.45. The van der Waals surface area contributed by atoms with Crippen LogP contribution in [-0.4, -0.2) is 42.1 Å². The van der Waals surface area contributed by atoms with E-state index in [2.05, 4.69) is 68.9 Å². The van der Waals surface area contributed by atoms with Gasteiger partial charge in [0.05, 0.1) is 0 Å². The van der Waals surface area contributed by atoms with Gasteiger partial charge in [-0.25, -0.2) is 9.97 Å². The van der Waals surface area contributed by atoms with E-state index in [1.54, 1.807) is 0 Å². The van der Waals surface area contributed by atoms with Crippen LogP contribution < -0.4 is 11.1 Å². The third kappa shape index (κ3) is 5.16. The van der Waals surface area contributed by atoms with Crippen LogP contribution in [0.2, 0.25) is 0 Å². The van der Waals surface area contributed by atoms with Gasteiger partial charge >= 0.3 is 0 Å². The molecule has 1 aromatic heterocycles. The van der Waals surface area contributed by atoms with Gasteiger partial charge in [-0.2, -0.15) is 0 Å². The quantitative estimate of drug-likeness (QED) is 0.873. The van der Waals surface area contributed by atoms with Crippen LogP contribution in [0.25, 0.3) is 0 Å². The highest BCUT2D eigenvalue weighted by atomic mass is 15.1. The standard InChI is InChI=1S/C16H31N5/c1-11-12(17)19-14(15(2,3)4)20-13(11)18-9-16(5,6)10-21(7)8/h9-10H2,1-8H3,(H3,17,18,19,20). The van der Waals surface area contributed by atoms with E-state index in [0.717, 1.165) is 30.3 Å². The highest BCUT2D eigenvalue weighted by molar-refractivity contribution is 5.55. The average Bonchev–Trinajstić information content (AvgIpc) is 2.27. The van der Waals surface area contributed by atoms with Gasteiger partial charge in [0.25, 0.3) is 0 Å². The van der Waals surface area contributed by atoms with Crippen molar-refractivity contribution in [1.29, 1.82) is 0 Å². The molecule has 0 aliphatic rings. The smallest absolute Gasteiger partial charge is 0.138 e. The lowest BCUT2D eigenvalue weighted by molar-refractivity contribution is 0.254. The summed E-state index contributed by atoms with van der Waals surface area (Å²) in [5.74, 6) is 2.18. The van der Waals surface area contributed by atoms with Gasteiger partial charge in [0, 0.05) is 24.1 Å². The molecule has 0 aliphatic carbocycles. The predicted molar refractivity (Wildman–Crippen MR) is 90.7 cm³/mol. The summed E-state index contributed by atoms with van der Waals surface area (Å²) in [6, 6.07) is 0. The predicted octanol–water partition coefficient (Wildman–Crippen LogP) is 2.66. The fraction of sp³-hybridized carbons (Fsp3) is 0.750. The van der Waals surface area contributed by atoms with Gasteiger partial charge in [0.1, 0.15) is 17.5 Å². The Hall–Kier alpha value is -1.36. The van der Waals surface area contributed by atoms with Gasteiger partial charge < -0.3 is 16.0 Å². The van der Waals surface area contributed by atoms with E-state index in [1.165, 1.54) is 0 Å². The van der Waals surface area contributed by atoms with Gasteiger partial charge in [-0.3, -0.25) is 0 Å². The third-order valence-corrected chi connectivity index (χ3v) is 3.33. The van der Waals surface area contributed by atoms with Crippen LogP contribution in [0.4, 0.5) is 11.6 Å². The first kappa shape index (κ1) is 17.7. The Kier molecular flexibility index (Phi) is 5.20. The second-order valence-corrected chi connectivity index (χ2v) is 7.91. The molecule has 0 aromatic carbocycles. The van der Waals surface area contributed by atoms with Crippen LogP contribution in [0, 0.1) is 12.3 Å². The molecule has 1 rings (SSSR count). The molecule has 5 heteroatoms. The summed E-state index contributed by atoms with van der Waals surface area (Å²) in [5, 5.41) is 3.45. The Labute approximate surface area is 129 Å². The maximum atomic E-state index is 6.04. The zero-order valence-corrected chi connectivity index (χ0v) is 14.8. The molecule has 21 heavy (non-hydrogen) atoms. The summed E-state index contributed by atoms with van der Waals surface area (Å²) < 4.78 is 0. The molecular formula is C16H31N5. The monoisotopic (exact) mass is 293 g/mol. The van der Waals surface area contributed by atoms with Crippen molar-refractivity contribution in [3.8, 4) is 0 Å². The number of aromatic nitrogens is 2. The van der Waals surface area contributed by atoms with E-state index in [4.69, 9.17) is 5.73 Å². The Bertz CT molecular complexity index is 486. The van der Waals surface area contributed by atoms with Crippen LogP contribution in [0.3, 0.4) is 0 Å². The zero-order chi connectivity index (χ0) is 16.4. The van der Waals surface area contributed by atoms with E-state index in [-0.39, 0.29) is 10.8 Å². The second-order valence-electron chi connectivity index (χ2n) is 7.91. The highest BCUT2D eigenvalue weighted by Crippen LogP contribution is 2.26. The van der Waals surface area contributed by atoms with E-state index < -0.39 is 0 Å². The summed E-state index contributed by atoms with van der Waals surface area (Å²) in [6.45, 7) is 14.6. The van der Waals surface area contributed by atoms with Crippen LogP contribution in [0.1, 0.15) is 46.0 Å². The third-order valence-electron chi connectivity index (χ3n) is 3.33. The molecule has 0 radical (unpaired) electrons. The molecule has 120 valence electrons. The van der Waals surface area contributed by atoms with Crippen molar-refractivity contribution in [1.82, 2.24) is 14.9 Å². The molecular weight excluding hydrogens is 262 g/mol. The van der Waals surface area contributed by atoms with Gasteiger partial charge in [-0.05, 0) is 26.4 Å². The van der Waals surface area contributed by atoms with Gasteiger partial charge in [0.15, 0.2) is 0 Å². The first-order chi connectivity index (χ1) is 9.42. The van der Waals surface area contributed by atoms with Crippen molar-refractivity contribution in [3.05, 3.63) is 11.4 Å². The number of hydrogen-bond acceptors (Lipinski definition) is 5. The summed E-state index contributed by atoms with van der Waals surface area (Å²) in [5.41, 5.74) is 7.00. The fourth-order valence-electron chi connectivity index (χ4n) is 2.28. The molecule has 0 saturated heterocycles. The van der Waals surface area contributed by atoms with Crippen LogP contribution >= 0.6 is 0 Å². The minimum atomic E-state index is -0.114. The van der Waals surface area contributed by atoms with E-state index >= 15 is 0 Å². The topological polar surface area (TPSA) is 67.1 Å². The number of anilines is 2. The van der Waals surface area contributed by atoms with Crippen molar-refractivity contribution in [2.24, 2.45) is 5.41 Å². The largest absolute Gasteiger partial charge is 0.383 e. The summed E-state index contributed by atoms with van der Waals surface area (Å²) in [7, 11) is 4.18. The molecule has 0 amide bonds. The maximum absolute atomic E-state index is 6.04. The average molecular weight is 293 g/mol. The number of nitrogen functional groups attached to an aromatic ring is 1. The molecule has 0 bridgehead atoms. The zero-order valence-electron chi connectivity index (χ0n) is 14.8. The minimum absolute atomic E-state index is 0.114. The molecule has 0 atom stereocenters. The van der Waals surface area contributed by atoms with Crippen molar-refractivity contribution < 1.29 is 0 Å². The molecule has 0 unspecified atom stereocenters. The number of hydrogen-bond donors (Lipinski definition) is 2. The lowest BCUT2D eigenvalue weighted by atomic mass is 9.93. The van der Waals surface area contributed by atoms with Crippen LogP contribution in [-0.2, 0) is 5.41 Å². The lowest BCUT2D eigenvalue weighted by Gasteiger charge is -2.29. The van der Waals surface area contributed by atoms with E-state index in [1.807, 2.05) is 6.92 Å². The maximum Gasteiger partial charge on any atom is 0.138 e. The highest BCUT2D eigenvalue weighted by Gasteiger charge is 2.22. The summed E-state index contributed by atoms with van der Waals surface area (Å²) in [6.07, 6.45) is 0. The fourth-order valence-corrected chi connectivity index (χ4v) is 2.28. The lowest BCUT2D eigenvalue weighted by Crippen LogP contribution is -2.35. The molecule has 3 N–H and O–H groups in total. The summed E-state index contributed by atoms with van der Waals surface area (Å²) in [4.78, 5) is 11.3. The molecule has 0 saturated carbocycles. The number of nitrogens with two attached hydrogens (primary N) is 1. The van der Waals surface area contributed by atoms with Gasteiger partial charge in [-0.15, -0.1) is 0 Å². The molecule has 1 heterocycles. The van der Waals surface area contributed by atoms with E-state index in [9.17, 15) is 0 Å². The normalized spacial score (nSPS) is 12.8. The molecule has 0 aliphatic heterocycles. The number of rotatable bonds is 5. The van der Waals surface area contributed by atoms with E-state index in [0.29, 0.717) is 5.82 Å². The molecule has 0 fully saturated rings. The Balaban J connectivity index is 2.96. The van der Waals surface area contributed by atoms with Gasteiger partial charge in [-0.1, -0.05) is 34.6 Å². The van der Waals surface area contributed by atoms with Crippen molar-refractivity contribution in [2.45, 2.75) is 47.0 Å². The Morgan fingerprint density at radius 3 is 2.14 bits per heavy atom. The molecule has 0 spiro atoms. The van der Waals surface area contributed by atoms with Crippen LogP contribution in [0.5, 0.6) is 0 Å². The molecule has 5 nitrogen and oxygen atoms in total. The van der Waals surface area contributed by atoms with Crippen LogP contribution in [0.15, 0.2) is 0 Å². The van der Waals surface area contributed by atoms with Gasteiger partial charge in [0.2, 0.25) is 0 Å². The Morgan fingerprint density at radius 2 is 1.67 bits per heavy atom. The number of nitrogens with one attached hydrogen (secondary N) is 1. The van der Waals surface area contributed by atoms with Crippen molar-refractivity contribution >= 4 is 11.6 Å². The minimum Gasteiger partial charge on any atom is -0.383 e. The molecule has 1 aromatic rings. The Morgan fingerprint density at radius 1 is 1.10 bits per heavy atom. The number of nitrogens with zero attached hydrogens (tertiary/aromatic N) is 3. The summed E-state index contributed by atoms with van der Waals surface area (Å²) >= 11 is 0. The van der Waals surface area contributed by atoms with Crippen molar-refractivity contribution in [2.75, 3.05) is 38.2 Å². The van der Waals surface area contributed by atoms with Crippen molar-refractivity contribution in [3.63, 3.8) is 0 Å². The SMILES string of the molecule is Cc1c(N)nc(C(C)(C)C)nc1NCC(C)(C)CN(C)C.